The van der Waals surface area contributed by atoms with Crippen LogP contribution in [0.25, 0.3) is 0 Å². The molecular weight excluding hydrogens is 378 g/mol. The molecule has 0 saturated carbocycles. The van der Waals surface area contributed by atoms with E-state index >= 15 is 0 Å². The average molecular weight is 410 g/mol. The van der Waals surface area contributed by atoms with Gasteiger partial charge < -0.3 is 9.80 Å². The highest BCUT2D eigenvalue weighted by Crippen LogP contribution is 2.44. The van der Waals surface area contributed by atoms with Gasteiger partial charge in [-0.15, -0.1) is 0 Å². The van der Waals surface area contributed by atoms with Crippen LogP contribution in [0.5, 0.6) is 0 Å². The van der Waals surface area contributed by atoms with Crippen LogP contribution in [0.1, 0.15) is 28.8 Å². The first-order chi connectivity index (χ1) is 14.4. The number of amides is 2. The Morgan fingerprint density at radius 3 is 2.63 bits per heavy atom. The van der Waals surface area contributed by atoms with Crippen molar-refractivity contribution in [2.45, 2.75) is 19.4 Å². The molecule has 0 aliphatic carbocycles. The van der Waals surface area contributed by atoms with Gasteiger partial charge in [0.15, 0.2) is 0 Å². The molecular formula is C23H31N5O2. The van der Waals surface area contributed by atoms with Gasteiger partial charge in [-0.1, -0.05) is 18.2 Å². The van der Waals surface area contributed by atoms with Gasteiger partial charge in [-0.3, -0.25) is 19.2 Å². The van der Waals surface area contributed by atoms with Gasteiger partial charge >= 0.3 is 0 Å². The highest BCUT2D eigenvalue weighted by atomic mass is 16.2. The second-order valence-electron chi connectivity index (χ2n) is 8.97. The zero-order valence-corrected chi connectivity index (χ0v) is 18.1. The number of rotatable bonds is 4. The van der Waals surface area contributed by atoms with Gasteiger partial charge in [0.2, 0.25) is 5.91 Å². The standard InChI is InChI=1S/C23H31N5O2/c1-25(2)22(30)23-10-7-11-28(21(29)19-8-5-4-6-9-19)16-20(23)15-27(17-23)14-18-12-24-26(3)13-18/h4-6,8-9,12-13,20H,7,10-11,14-17H2,1-3H3/t20-,23+/m1/s1. The summed E-state index contributed by atoms with van der Waals surface area (Å²) in [4.78, 5) is 32.6. The van der Waals surface area contributed by atoms with Gasteiger partial charge in [0, 0.05) is 77.1 Å². The van der Waals surface area contributed by atoms with Crippen molar-refractivity contribution in [1.29, 1.82) is 0 Å². The molecule has 3 heterocycles. The number of aromatic nitrogens is 2. The van der Waals surface area contributed by atoms with Gasteiger partial charge in [0.1, 0.15) is 0 Å². The van der Waals surface area contributed by atoms with E-state index in [1.807, 2.05) is 73.5 Å². The fourth-order valence-electron chi connectivity index (χ4n) is 5.21. The maximum Gasteiger partial charge on any atom is 0.253 e. The maximum absolute atomic E-state index is 13.4. The van der Waals surface area contributed by atoms with Crippen molar-refractivity contribution in [3.8, 4) is 0 Å². The smallest absolute Gasteiger partial charge is 0.253 e. The van der Waals surface area contributed by atoms with Gasteiger partial charge in [-0.05, 0) is 25.0 Å². The zero-order valence-electron chi connectivity index (χ0n) is 18.1. The molecule has 0 radical (unpaired) electrons. The molecule has 0 unspecified atom stereocenters. The first-order valence-corrected chi connectivity index (χ1v) is 10.6. The second kappa shape index (κ2) is 8.22. The van der Waals surface area contributed by atoms with Gasteiger partial charge in [0.25, 0.3) is 5.91 Å². The van der Waals surface area contributed by atoms with E-state index in [-0.39, 0.29) is 17.7 Å². The van der Waals surface area contributed by atoms with Gasteiger partial charge in [0.05, 0.1) is 11.6 Å². The minimum absolute atomic E-state index is 0.0643. The molecule has 2 fully saturated rings. The molecule has 7 nitrogen and oxygen atoms in total. The topological polar surface area (TPSA) is 61.7 Å². The lowest BCUT2D eigenvalue weighted by atomic mass is 9.74. The Balaban J connectivity index is 1.58. The zero-order chi connectivity index (χ0) is 21.3. The van der Waals surface area contributed by atoms with E-state index in [2.05, 4.69) is 10.00 Å². The molecule has 2 aliphatic heterocycles. The molecule has 2 aliphatic rings. The van der Waals surface area contributed by atoms with Crippen LogP contribution in [-0.2, 0) is 18.4 Å². The van der Waals surface area contributed by atoms with E-state index in [1.165, 1.54) is 0 Å². The summed E-state index contributed by atoms with van der Waals surface area (Å²) in [6.45, 7) is 3.65. The van der Waals surface area contributed by atoms with Crippen LogP contribution < -0.4 is 0 Å². The van der Waals surface area contributed by atoms with Crippen LogP contribution in [0.3, 0.4) is 0 Å². The first kappa shape index (κ1) is 20.6. The minimum atomic E-state index is -0.433. The third-order valence-corrected chi connectivity index (χ3v) is 6.56. The van der Waals surface area contributed by atoms with Crippen LogP contribution in [0, 0.1) is 11.3 Å². The number of carbonyl (C=O) groups is 2. The third kappa shape index (κ3) is 3.86. The Hall–Kier alpha value is -2.67. The van der Waals surface area contributed by atoms with E-state index in [4.69, 9.17) is 0 Å². The molecule has 7 heteroatoms. The van der Waals surface area contributed by atoms with Crippen molar-refractivity contribution in [3.05, 3.63) is 53.9 Å². The van der Waals surface area contributed by atoms with Crippen LogP contribution >= 0.6 is 0 Å². The Kier molecular flexibility index (Phi) is 5.64. The lowest BCUT2D eigenvalue weighted by Gasteiger charge is -2.35. The fourth-order valence-corrected chi connectivity index (χ4v) is 5.21. The van der Waals surface area contributed by atoms with Crippen molar-refractivity contribution < 1.29 is 9.59 Å². The largest absolute Gasteiger partial charge is 0.348 e. The normalized spacial score (nSPS) is 24.4. The molecule has 160 valence electrons. The highest BCUT2D eigenvalue weighted by Gasteiger charge is 2.53. The van der Waals surface area contributed by atoms with E-state index in [0.717, 1.165) is 38.0 Å². The molecule has 2 aromatic rings. The SMILES string of the molecule is CN(C)C(=O)[C@]12CCCN(C(=O)c3ccccc3)C[C@H]1CN(Cc1cnn(C)c1)C2. The van der Waals surface area contributed by atoms with Crippen molar-refractivity contribution in [2.24, 2.45) is 18.4 Å². The number of aryl methyl sites for hydroxylation is 1. The number of fused-ring (bicyclic) bond motifs is 1. The lowest BCUT2D eigenvalue weighted by Crippen LogP contribution is -2.47. The summed E-state index contributed by atoms with van der Waals surface area (Å²) in [7, 11) is 5.60. The third-order valence-electron chi connectivity index (χ3n) is 6.56. The summed E-state index contributed by atoms with van der Waals surface area (Å²) in [5.41, 5.74) is 1.44. The van der Waals surface area contributed by atoms with E-state index < -0.39 is 5.41 Å². The monoisotopic (exact) mass is 409 g/mol. The Morgan fingerprint density at radius 2 is 1.97 bits per heavy atom. The highest BCUT2D eigenvalue weighted by molar-refractivity contribution is 5.94. The number of likely N-dealkylation sites (tertiary alicyclic amines) is 2. The Labute approximate surface area is 178 Å². The van der Waals surface area contributed by atoms with Crippen LogP contribution in [0.15, 0.2) is 42.7 Å². The first-order valence-electron chi connectivity index (χ1n) is 10.6. The van der Waals surface area contributed by atoms with Crippen molar-refractivity contribution in [2.75, 3.05) is 40.3 Å². The molecule has 4 rings (SSSR count). The van der Waals surface area contributed by atoms with Gasteiger partial charge in [-0.2, -0.15) is 5.10 Å². The fraction of sp³-hybridized carbons (Fsp3) is 0.522. The van der Waals surface area contributed by atoms with E-state index in [9.17, 15) is 9.59 Å². The molecule has 0 spiro atoms. The second-order valence-corrected chi connectivity index (χ2v) is 8.97. The van der Waals surface area contributed by atoms with Crippen LogP contribution in [-0.4, -0.2) is 76.6 Å². The lowest BCUT2D eigenvalue weighted by molar-refractivity contribution is -0.141. The predicted octanol–water partition coefficient (Wildman–Crippen LogP) is 1.86. The molecule has 30 heavy (non-hydrogen) atoms. The van der Waals surface area contributed by atoms with Crippen molar-refractivity contribution in [1.82, 2.24) is 24.5 Å². The summed E-state index contributed by atoms with van der Waals surface area (Å²) >= 11 is 0. The number of nitrogens with zero attached hydrogens (tertiary/aromatic N) is 5. The van der Waals surface area contributed by atoms with Crippen LogP contribution in [0.2, 0.25) is 0 Å². The van der Waals surface area contributed by atoms with Crippen molar-refractivity contribution in [3.63, 3.8) is 0 Å². The summed E-state index contributed by atoms with van der Waals surface area (Å²) in [5.74, 6) is 0.379. The molecule has 0 bridgehead atoms. The molecule has 2 amide bonds. The molecule has 2 saturated heterocycles. The number of carbonyl (C=O) groups excluding carboxylic acids is 2. The molecule has 0 N–H and O–H groups in total. The molecule has 1 aromatic carbocycles. The average Bonchev–Trinajstić information content (AvgIpc) is 3.25. The van der Waals surface area contributed by atoms with Crippen LogP contribution in [0.4, 0.5) is 0 Å². The quantitative estimate of drug-likeness (QED) is 0.773. The number of hydrogen-bond acceptors (Lipinski definition) is 4. The summed E-state index contributed by atoms with van der Waals surface area (Å²) in [6.07, 6.45) is 5.58. The number of hydrogen-bond donors (Lipinski definition) is 0. The summed E-state index contributed by atoms with van der Waals surface area (Å²) < 4.78 is 1.81. The minimum Gasteiger partial charge on any atom is -0.348 e. The van der Waals surface area contributed by atoms with Crippen molar-refractivity contribution >= 4 is 11.8 Å². The van der Waals surface area contributed by atoms with E-state index in [0.29, 0.717) is 18.7 Å². The van der Waals surface area contributed by atoms with Gasteiger partial charge in [-0.25, -0.2) is 0 Å². The Bertz CT molecular complexity index is 909. The predicted molar refractivity (Wildman–Crippen MR) is 115 cm³/mol. The summed E-state index contributed by atoms with van der Waals surface area (Å²) in [6, 6.07) is 9.46. The molecule has 1 aromatic heterocycles. The molecule has 2 atom stereocenters. The van der Waals surface area contributed by atoms with E-state index in [1.54, 1.807) is 4.90 Å². The maximum atomic E-state index is 13.4. The Morgan fingerprint density at radius 1 is 1.20 bits per heavy atom. The summed E-state index contributed by atoms with van der Waals surface area (Å²) in [5, 5.41) is 4.28. The number of benzene rings is 1.